The van der Waals surface area contributed by atoms with Gasteiger partial charge in [-0.1, -0.05) is 155 Å². The minimum Gasteiger partial charge on any atom is -0.481 e. The van der Waals surface area contributed by atoms with Crippen molar-refractivity contribution in [2.24, 2.45) is 16.5 Å². The van der Waals surface area contributed by atoms with Gasteiger partial charge in [0.1, 0.15) is 6.04 Å². The minimum atomic E-state index is -1.02. The van der Waals surface area contributed by atoms with Crippen molar-refractivity contribution in [2.75, 3.05) is 6.54 Å². The highest BCUT2D eigenvalue weighted by Gasteiger charge is 2.19. The molecular formula is C36H72N4O5. The molecule has 0 radical (unpaired) electrons. The SMILES string of the molecule is CCCCCCCCCCCC(=O)N[C@@H](CCCN=C(N)N)C(=O)O.CCCCCCCCCCCCCCCCCC(=O)O. The summed E-state index contributed by atoms with van der Waals surface area (Å²) in [5.41, 5.74) is 10.4. The van der Waals surface area contributed by atoms with Crippen LogP contribution < -0.4 is 16.8 Å². The van der Waals surface area contributed by atoms with Crippen LogP contribution in [-0.4, -0.2) is 46.6 Å². The van der Waals surface area contributed by atoms with Crippen LogP contribution in [0.5, 0.6) is 0 Å². The van der Waals surface area contributed by atoms with Crippen molar-refractivity contribution in [2.45, 2.75) is 200 Å². The fraction of sp³-hybridized carbons (Fsp3) is 0.889. The quantitative estimate of drug-likeness (QED) is 0.0278. The molecule has 1 atom stereocenters. The number of nitrogens with one attached hydrogen (secondary N) is 1. The van der Waals surface area contributed by atoms with Gasteiger partial charge in [0.25, 0.3) is 0 Å². The van der Waals surface area contributed by atoms with E-state index in [1.54, 1.807) is 0 Å². The summed E-state index contributed by atoms with van der Waals surface area (Å²) in [6.45, 7) is 4.84. The van der Waals surface area contributed by atoms with Gasteiger partial charge in [0, 0.05) is 19.4 Å². The number of nitrogens with two attached hydrogens (primary N) is 2. The molecule has 0 aliphatic heterocycles. The van der Waals surface area contributed by atoms with Crippen molar-refractivity contribution in [1.29, 1.82) is 0 Å². The molecule has 0 rings (SSSR count). The van der Waals surface area contributed by atoms with E-state index in [9.17, 15) is 14.4 Å². The number of carbonyl (C=O) groups is 3. The summed E-state index contributed by atoms with van der Waals surface area (Å²) in [4.78, 5) is 37.2. The van der Waals surface area contributed by atoms with E-state index in [1.807, 2.05) is 0 Å². The van der Waals surface area contributed by atoms with Crippen LogP contribution in [0.3, 0.4) is 0 Å². The third kappa shape index (κ3) is 39.7. The number of carboxylic acids is 2. The van der Waals surface area contributed by atoms with Crippen LogP contribution in [0.1, 0.15) is 194 Å². The topological polar surface area (TPSA) is 168 Å². The Hall–Kier alpha value is -2.32. The van der Waals surface area contributed by atoms with Crippen molar-refractivity contribution in [3.8, 4) is 0 Å². The molecule has 45 heavy (non-hydrogen) atoms. The molecule has 0 heterocycles. The predicted octanol–water partition coefficient (Wildman–Crippen LogP) is 8.86. The number of carbonyl (C=O) groups excluding carboxylic acids is 1. The molecule has 0 fully saturated rings. The second-order valence-electron chi connectivity index (χ2n) is 12.6. The average molecular weight is 641 g/mol. The Labute approximate surface area is 276 Å². The number of aliphatic imine (C=N–C) groups is 1. The predicted molar refractivity (Wildman–Crippen MR) is 189 cm³/mol. The molecule has 266 valence electrons. The average Bonchev–Trinajstić information content (AvgIpc) is 2.99. The van der Waals surface area contributed by atoms with Gasteiger partial charge in [0.2, 0.25) is 5.91 Å². The molecule has 0 aromatic heterocycles. The Bertz CT molecular complexity index is 714. The van der Waals surface area contributed by atoms with Crippen LogP contribution in [0.25, 0.3) is 0 Å². The van der Waals surface area contributed by atoms with E-state index in [2.05, 4.69) is 24.2 Å². The zero-order chi connectivity index (χ0) is 33.8. The number of aliphatic carboxylic acids is 2. The summed E-state index contributed by atoms with van der Waals surface area (Å²) in [5, 5.41) is 20.3. The number of guanidine groups is 1. The highest BCUT2D eigenvalue weighted by Crippen LogP contribution is 2.14. The van der Waals surface area contributed by atoms with Gasteiger partial charge in [-0.3, -0.25) is 14.6 Å². The smallest absolute Gasteiger partial charge is 0.326 e. The van der Waals surface area contributed by atoms with E-state index < -0.39 is 18.0 Å². The minimum absolute atomic E-state index is 0.0127. The molecule has 0 saturated carbocycles. The van der Waals surface area contributed by atoms with E-state index in [0.29, 0.717) is 32.2 Å². The lowest BCUT2D eigenvalue weighted by Gasteiger charge is -2.14. The van der Waals surface area contributed by atoms with Crippen LogP contribution in [0, 0.1) is 0 Å². The second kappa shape index (κ2) is 36.2. The molecule has 0 aliphatic rings. The fourth-order valence-corrected chi connectivity index (χ4v) is 5.27. The van der Waals surface area contributed by atoms with Gasteiger partial charge < -0.3 is 27.0 Å². The Morgan fingerprint density at radius 1 is 0.556 bits per heavy atom. The van der Waals surface area contributed by atoms with E-state index in [-0.39, 0.29) is 11.9 Å². The highest BCUT2D eigenvalue weighted by molar-refractivity contribution is 5.83. The second-order valence-corrected chi connectivity index (χ2v) is 12.6. The van der Waals surface area contributed by atoms with Crippen LogP contribution in [0.15, 0.2) is 4.99 Å². The molecule has 0 aromatic carbocycles. The lowest BCUT2D eigenvalue weighted by molar-refractivity contribution is -0.142. The zero-order valence-corrected chi connectivity index (χ0v) is 29.3. The highest BCUT2D eigenvalue weighted by atomic mass is 16.4. The summed E-state index contributed by atoms with van der Waals surface area (Å²) in [6, 6.07) is -0.875. The molecule has 0 bridgehead atoms. The Morgan fingerprint density at radius 3 is 1.24 bits per heavy atom. The molecule has 7 N–H and O–H groups in total. The normalized spacial score (nSPS) is 11.3. The van der Waals surface area contributed by atoms with E-state index in [4.69, 9.17) is 21.7 Å². The monoisotopic (exact) mass is 641 g/mol. The van der Waals surface area contributed by atoms with Crippen molar-refractivity contribution in [1.82, 2.24) is 5.32 Å². The number of rotatable bonds is 32. The Kier molecular flexibility index (Phi) is 36.0. The van der Waals surface area contributed by atoms with Gasteiger partial charge in [-0.15, -0.1) is 0 Å². The molecule has 9 heteroatoms. The van der Waals surface area contributed by atoms with Crippen LogP contribution in [0.2, 0.25) is 0 Å². The molecule has 0 saturated heterocycles. The summed E-state index contributed by atoms with van der Waals surface area (Å²) in [6.07, 6.45) is 32.0. The van der Waals surface area contributed by atoms with E-state index in [0.717, 1.165) is 32.1 Å². The van der Waals surface area contributed by atoms with Gasteiger partial charge in [-0.2, -0.15) is 0 Å². The summed E-state index contributed by atoms with van der Waals surface area (Å²) in [7, 11) is 0. The maximum Gasteiger partial charge on any atom is 0.326 e. The van der Waals surface area contributed by atoms with Crippen LogP contribution >= 0.6 is 0 Å². The third-order valence-electron chi connectivity index (χ3n) is 8.08. The molecule has 0 unspecified atom stereocenters. The van der Waals surface area contributed by atoms with Crippen LogP contribution in [0.4, 0.5) is 0 Å². The fourth-order valence-electron chi connectivity index (χ4n) is 5.27. The van der Waals surface area contributed by atoms with Crippen molar-refractivity contribution in [3.05, 3.63) is 0 Å². The van der Waals surface area contributed by atoms with E-state index >= 15 is 0 Å². The standard InChI is InChI=1S/C18H36N4O3.C18H36O2/c1-2-3-4-5-6-7-8-9-10-13-16(23)22-15(17(24)25)12-11-14-21-18(19)20;1-2-3-4-5-6-7-8-9-10-11-12-13-14-15-16-17-18(19)20/h15H,2-14H2,1H3,(H,22,23)(H,24,25)(H4,19,20,21);2-17H2,1H3,(H,19,20)/t15-;/m0./s1. The largest absolute Gasteiger partial charge is 0.481 e. The first-order valence-electron chi connectivity index (χ1n) is 18.5. The first-order valence-corrected chi connectivity index (χ1v) is 18.5. The number of amides is 1. The maximum absolute atomic E-state index is 11.9. The molecular weight excluding hydrogens is 568 g/mol. The van der Waals surface area contributed by atoms with Gasteiger partial charge in [0.05, 0.1) is 0 Å². The van der Waals surface area contributed by atoms with Gasteiger partial charge in [0.15, 0.2) is 5.96 Å². The van der Waals surface area contributed by atoms with Gasteiger partial charge >= 0.3 is 11.9 Å². The van der Waals surface area contributed by atoms with E-state index in [1.165, 1.54) is 122 Å². The molecule has 0 aromatic rings. The zero-order valence-electron chi connectivity index (χ0n) is 29.3. The Balaban J connectivity index is 0. The lowest BCUT2D eigenvalue weighted by atomic mass is 10.0. The molecule has 1 amide bonds. The number of hydrogen-bond donors (Lipinski definition) is 5. The lowest BCUT2D eigenvalue weighted by Crippen LogP contribution is -2.40. The Morgan fingerprint density at radius 2 is 0.911 bits per heavy atom. The molecule has 0 aliphatic carbocycles. The number of hydrogen-bond acceptors (Lipinski definition) is 4. The first kappa shape index (κ1) is 44.8. The molecule has 0 spiro atoms. The number of carboxylic acid groups (broad SMARTS) is 2. The molecule has 9 nitrogen and oxygen atoms in total. The number of nitrogens with zero attached hydrogens (tertiary/aromatic N) is 1. The van der Waals surface area contributed by atoms with Gasteiger partial charge in [-0.05, 0) is 25.7 Å². The third-order valence-corrected chi connectivity index (χ3v) is 8.08. The first-order chi connectivity index (χ1) is 21.7. The number of unbranched alkanes of at least 4 members (excludes halogenated alkanes) is 22. The van der Waals surface area contributed by atoms with Crippen molar-refractivity contribution in [3.63, 3.8) is 0 Å². The van der Waals surface area contributed by atoms with Gasteiger partial charge in [-0.25, -0.2) is 4.79 Å². The maximum atomic E-state index is 11.9. The summed E-state index contributed by atoms with van der Waals surface area (Å²) >= 11 is 0. The summed E-state index contributed by atoms with van der Waals surface area (Å²) in [5.74, 6) is -1.89. The van der Waals surface area contributed by atoms with Crippen LogP contribution in [-0.2, 0) is 14.4 Å². The van der Waals surface area contributed by atoms with Crippen molar-refractivity contribution < 1.29 is 24.6 Å². The summed E-state index contributed by atoms with van der Waals surface area (Å²) < 4.78 is 0. The van der Waals surface area contributed by atoms with Crippen molar-refractivity contribution >= 4 is 23.8 Å².